The minimum Gasteiger partial charge on any atom is -0.388 e. The van der Waals surface area contributed by atoms with E-state index in [9.17, 15) is 4.39 Å². The van der Waals surface area contributed by atoms with Crippen LogP contribution < -0.4 is 5.32 Å². The minimum absolute atomic E-state index is 0.281. The molecule has 1 N–H and O–H groups in total. The lowest BCUT2D eigenvalue weighted by atomic mass is 10.1. The molecule has 2 rings (SSSR count). The molecule has 0 bridgehead atoms. The Bertz CT molecular complexity index is 514. The number of anilines is 1. The summed E-state index contributed by atoms with van der Waals surface area (Å²) in [6.45, 7) is 0.418. The summed E-state index contributed by atoms with van der Waals surface area (Å²) in [4.78, 5) is 4.33. The second kappa shape index (κ2) is 4.45. The Morgan fingerprint density at radius 1 is 1.38 bits per heavy atom. The molecule has 0 spiro atoms. The highest BCUT2D eigenvalue weighted by Crippen LogP contribution is 2.23. The fourth-order valence-corrected chi connectivity index (χ4v) is 1.69. The van der Waals surface area contributed by atoms with Crippen LogP contribution in [-0.4, -0.2) is 19.1 Å². The second-order valence-electron chi connectivity index (χ2n) is 3.51. The van der Waals surface area contributed by atoms with Gasteiger partial charge in [0.15, 0.2) is 0 Å². The largest absolute Gasteiger partial charge is 0.388 e. The average molecular weight is 220 g/mol. The number of nitrogens with zero attached hydrogens (tertiary/aromatic N) is 1. The van der Waals surface area contributed by atoms with Crippen molar-refractivity contribution < 1.29 is 9.13 Å². The van der Waals surface area contributed by atoms with Crippen molar-refractivity contribution in [2.45, 2.75) is 6.61 Å². The van der Waals surface area contributed by atoms with Crippen LogP contribution in [0.4, 0.5) is 10.1 Å². The molecule has 1 aromatic carbocycles. The van der Waals surface area contributed by atoms with Crippen LogP contribution in [0.2, 0.25) is 0 Å². The van der Waals surface area contributed by atoms with Gasteiger partial charge in [0, 0.05) is 31.3 Å². The standard InChI is InChI=1S/C12H13FN2O/c1-14-11-6-9(7-16-2)15-12-5-8(13)3-4-10(11)12/h3-6H,7H2,1-2H3,(H,14,15). The van der Waals surface area contributed by atoms with Crippen LogP contribution >= 0.6 is 0 Å². The van der Waals surface area contributed by atoms with Crippen LogP contribution in [0.1, 0.15) is 5.69 Å². The molecule has 84 valence electrons. The number of pyridine rings is 1. The Morgan fingerprint density at radius 3 is 2.88 bits per heavy atom. The molecule has 3 nitrogen and oxygen atoms in total. The molecule has 1 heterocycles. The van der Waals surface area contributed by atoms with Gasteiger partial charge in [-0.15, -0.1) is 0 Å². The summed E-state index contributed by atoms with van der Waals surface area (Å²) in [5.74, 6) is -0.281. The average Bonchev–Trinajstić information content (AvgIpc) is 2.27. The Labute approximate surface area is 93.3 Å². The number of hydrogen-bond donors (Lipinski definition) is 1. The molecule has 0 radical (unpaired) electrons. The van der Waals surface area contributed by atoms with E-state index in [-0.39, 0.29) is 5.82 Å². The maximum Gasteiger partial charge on any atom is 0.125 e. The number of fused-ring (bicyclic) bond motifs is 1. The Morgan fingerprint density at radius 2 is 2.19 bits per heavy atom. The highest BCUT2D eigenvalue weighted by atomic mass is 19.1. The van der Waals surface area contributed by atoms with Gasteiger partial charge in [0.05, 0.1) is 17.8 Å². The van der Waals surface area contributed by atoms with Gasteiger partial charge in [-0.2, -0.15) is 0 Å². The van der Waals surface area contributed by atoms with Crippen molar-refractivity contribution in [2.24, 2.45) is 0 Å². The summed E-state index contributed by atoms with van der Waals surface area (Å²) in [7, 11) is 3.44. The zero-order chi connectivity index (χ0) is 11.5. The van der Waals surface area contributed by atoms with Gasteiger partial charge in [0.2, 0.25) is 0 Å². The number of benzene rings is 1. The zero-order valence-electron chi connectivity index (χ0n) is 9.25. The van der Waals surface area contributed by atoms with Crippen molar-refractivity contribution >= 4 is 16.6 Å². The monoisotopic (exact) mass is 220 g/mol. The van der Waals surface area contributed by atoms with E-state index in [0.717, 1.165) is 16.8 Å². The number of halogens is 1. The van der Waals surface area contributed by atoms with E-state index in [4.69, 9.17) is 4.74 Å². The molecule has 0 aliphatic rings. The van der Waals surface area contributed by atoms with Crippen LogP contribution in [-0.2, 0) is 11.3 Å². The molecular weight excluding hydrogens is 207 g/mol. The normalized spacial score (nSPS) is 10.7. The first-order chi connectivity index (χ1) is 7.74. The summed E-state index contributed by atoms with van der Waals surface area (Å²) >= 11 is 0. The van der Waals surface area contributed by atoms with Crippen molar-refractivity contribution in [1.82, 2.24) is 4.98 Å². The fourth-order valence-electron chi connectivity index (χ4n) is 1.69. The van der Waals surface area contributed by atoms with Gasteiger partial charge < -0.3 is 10.1 Å². The van der Waals surface area contributed by atoms with E-state index in [1.165, 1.54) is 12.1 Å². The van der Waals surface area contributed by atoms with Gasteiger partial charge in [-0.05, 0) is 18.2 Å². The Hall–Kier alpha value is -1.68. The van der Waals surface area contributed by atoms with Gasteiger partial charge in [-0.3, -0.25) is 4.98 Å². The van der Waals surface area contributed by atoms with Crippen LogP contribution in [0.25, 0.3) is 10.9 Å². The smallest absolute Gasteiger partial charge is 0.125 e. The van der Waals surface area contributed by atoms with Gasteiger partial charge in [-0.1, -0.05) is 0 Å². The first-order valence-electron chi connectivity index (χ1n) is 5.00. The lowest BCUT2D eigenvalue weighted by Crippen LogP contribution is -1.98. The molecule has 0 atom stereocenters. The molecule has 4 heteroatoms. The van der Waals surface area contributed by atoms with E-state index in [1.807, 2.05) is 13.1 Å². The van der Waals surface area contributed by atoms with Gasteiger partial charge in [0.1, 0.15) is 5.82 Å². The van der Waals surface area contributed by atoms with E-state index in [0.29, 0.717) is 12.1 Å². The van der Waals surface area contributed by atoms with Crippen LogP contribution in [0.3, 0.4) is 0 Å². The highest BCUT2D eigenvalue weighted by Gasteiger charge is 2.05. The summed E-state index contributed by atoms with van der Waals surface area (Å²) < 4.78 is 18.1. The van der Waals surface area contributed by atoms with E-state index >= 15 is 0 Å². The topological polar surface area (TPSA) is 34.1 Å². The maximum absolute atomic E-state index is 13.1. The maximum atomic E-state index is 13.1. The van der Waals surface area contributed by atoms with Crippen molar-refractivity contribution in [3.05, 3.63) is 35.8 Å². The number of rotatable bonds is 3. The molecule has 0 unspecified atom stereocenters. The molecule has 0 aliphatic heterocycles. The third kappa shape index (κ3) is 1.97. The zero-order valence-corrected chi connectivity index (χ0v) is 9.25. The molecule has 0 saturated carbocycles. The number of aromatic nitrogens is 1. The lowest BCUT2D eigenvalue weighted by molar-refractivity contribution is 0.182. The van der Waals surface area contributed by atoms with Gasteiger partial charge in [-0.25, -0.2) is 4.39 Å². The van der Waals surface area contributed by atoms with E-state index in [2.05, 4.69) is 10.3 Å². The molecule has 0 fully saturated rings. The van der Waals surface area contributed by atoms with E-state index < -0.39 is 0 Å². The Balaban J connectivity index is 2.63. The number of ether oxygens (including phenoxy) is 1. The quantitative estimate of drug-likeness (QED) is 0.863. The molecule has 0 aliphatic carbocycles. The summed E-state index contributed by atoms with van der Waals surface area (Å²) in [6.07, 6.45) is 0. The minimum atomic E-state index is -0.281. The van der Waals surface area contributed by atoms with Gasteiger partial charge >= 0.3 is 0 Å². The van der Waals surface area contributed by atoms with Crippen LogP contribution in [0.5, 0.6) is 0 Å². The first kappa shape index (κ1) is 10.8. The summed E-state index contributed by atoms with van der Waals surface area (Å²) in [5.41, 5.74) is 2.35. The number of methoxy groups -OCH3 is 1. The van der Waals surface area contributed by atoms with Crippen molar-refractivity contribution in [3.63, 3.8) is 0 Å². The molecule has 0 saturated heterocycles. The number of hydrogen-bond acceptors (Lipinski definition) is 3. The third-order valence-corrected chi connectivity index (χ3v) is 2.39. The molecule has 1 aromatic heterocycles. The summed E-state index contributed by atoms with van der Waals surface area (Å²) in [6, 6.07) is 6.49. The summed E-state index contributed by atoms with van der Waals surface area (Å²) in [5, 5.41) is 3.98. The van der Waals surface area contributed by atoms with Crippen molar-refractivity contribution in [1.29, 1.82) is 0 Å². The first-order valence-corrected chi connectivity index (χ1v) is 5.00. The number of nitrogens with one attached hydrogen (secondary N) is 1. The lowest BCUT2D eigenvalue weighted by Gasteiger charge is -2.08. The SMILES string of the molecule is CNc1cc(COC)nc2cc(F)ccc12. The van der Waals surface area contributed by atoms with Gasteiger partial charge in [0.25, 0.3) is 0 Å². The van der Waals surface area contributed by atoms with Crippen molar-refractivity contribution in [2.75, 3.05) is 19.5 Å². The molecule has 0 amide bonds. The fraction of sp³-hybridized carbons (Fsp3) is 0.250. The van der Waals surface area contributed by atoms with Crippen LogP contribution in [0, 0.1) is 5.82 Å². The predicted molar refractivity (Wildman–Crippen MR) is 62.0 cm³/mol. The molecule has 2 aromatic rings. The third-order valence-electron chi connectivity index (χ3n) is 2.39. The predicted octanol–water partition coefficient (Wildman–Crippen LogP) is 2.56. The van der Waals surface area contributed by atoms with Crippen molar-refractivity contribution in [3.8, 4) is 0 Å². The molecule has 16 heavy (non-hydrogen) atoms. The highest BCUT2D eigenvalue weighted by molar-refractivity contribution is 5.91. The Kier molecular flexibility index (Phi) is 3.01. The molecular formula is C12H13FN2O. The van der Waals surface area contributed by atoms with E-state index in [1.54, 1.807) is 13.2 Å². The second-order valence-corrected chi connectivity index (χ2v) is 3.51. The van der Waals surface area contributed by atoms with Crippen LogP contribution in [0.15, 0.2) is 24.3 Å².